The summed E-state index contributed by atoms with van der Waals surface area (Å²) in [6, 6.07) is 3.18. The summed E-state index contributed by atoms with van der Waals surface area (Å²) < 4.78 is 14.7. The van der Waals surface area contributed by atoms with E-state index in [-0.39, 0.29) is 22.9 Å². The molecule has 0 bridgehead atoms. The van der Waals surface area contributed by atoms with Gasteiger partial charge in [-0.05, 0) is 26.0 Å². The van der Waals surface area contributed by atoms with Crippen LogP contribution in [-0.4, -0.2) is 21.0 Å². The maximum Gasteiger partial charge on any atom is 0.281 e. The summed E-state index contributed by atoms with van der Waals surface area (Å²) in [5.74, 6) is -0.712. The third kappa shape index (κ3) is 2.42. The minimum Gasteiger partial charge on any atom is -0.298 e. The molecule has 0 spiro atoms. The van der Waals surface area contributed by atoms with Crippen molar-refractivity contribution in [2.75, 3.05) is 0 Å². The second kappa shape index (κ2) is 5.20. The molecule has 0 saturated carbocycles. The number of carbonyl (C=O) groups is 1. The lowest BCUT2D eigenvalue weighted by Gasteiger charge is -2.04. The van der Waals surface area contributed by atoms with E-state index in [1.807, 2.05) is 13.8 Å². The number of nitrogens with zero attached hydrogens (tertiary/aromatic N) is 3. The molecule has 0 radical (unpaired) electrons. The van der Waals surface area contributed by atoms with Gasteiger partial charge in [0, 0.05) is 12.2 Å². The molecule has 7 heteroatoms. The number of hydrogen-bond donors (Lipinski definition) is 0. The molecule has 20 heavy (non-hydrogen) atoms. The van der Waals surface area contributed by atoms with Crippen molar-refractivity contribution in [1.82, 2.24) is 9.78 Å². The van der Waals surface area contributed by atoms with Crippen LogP contribution in [0.3, 0.4) is 0 Å². The lowest BCUT2D eigenvalue weighted by molar-refractivity contribution is -0.384. The number of aromatic nitrogens is 2. The number of nitro groups is 1. The van der Waals surface area contributed by atoms with Gasteiger partial charge in [-0.2, -0.15) is 5.10 Å². The van der Waals surface area contributed by atoms with Crippen LogP contribution in [-0.2, 0) is 0 Å². The van der Waals surface area contributed by atoms with Gasteiger partial charge in [0.05, 0.1) is 22.1 Å². The summed E-state index contributed by atoms with van der Waals surface area (Å²) in [5, 5.41) is 15.2. The number of benzene rings is 1. The molecule has 104 valence electrons. The normalized spacial score (nSPS) is 10.8. The summed E-state index contributed by atoms with van der Waals surface area (Å²) in [7, 11) is 0. The average molecular weight is 277 g/mol. The number of hydrogen-bond acceptors (Lipinski definition) is 4. The van der Waals surface area contributed by atoms with E-state index in [1.54, 1.807) is 0 Å². The molecule has 1 aromatic carbocycles. The van der Waals surface area contributed by atoms with Gasteiger partial charge in [-0.15, -0.1) is 0 Å². The van der Waals surface area contributed by atoms with Crippen LogP contribution < -0.4 is 0 Å². The maximum atomic E-state index is 13.1. The lowest BCUT2D eigenvalue weighted by Crippen LogP contribution is -2.01. The Balaban J connectivity index is 2.67. The van der Waals surface area contributed by atoms with E-state index < -0.39 is 16.4 Å². The molecule has 0 atom stereocenters. The van der Waals surface area contributed by atoms with Crippen molar-refractivity contribution in [1.29, 1.82) is 0 Å². The van der Waals surface area contributed by atoms with E-state index in [1.165, 1.54) is 16.9 Å². The molecule has 0 saturated heterocycles. The van der Waals surface area contributed by atoms with E-state index in [0.29, 0.717) is 6.29 Å². The standard InChI is InChI=1S/C13H12FN3O3/c1-8(2)16-6-9(7-18)13(15-16)11-4-3-10(14)5-12(11)17(19)20/h3-8H,1-2H3. The quantitative estimate of drug-likeness (QED) is 0.489. The molecule has 0 amide bonds. The van der Waals surface area contributed by atoms with Crippen molar-refractivity contribution in [3.63, 3.8) is 0 Å². The summed E-state index contributed by atoms with van der Waals surface area (Å²) in [5.41, 5.74) is 0.119. The molecular weight excluding hydrogens is 265 g/mol. The first-order chi connectivity index (χ1) is 9.43. The fourth-order valence-corrected chi connectivity index (χ4v) is 1.82. The zero-order chi connectivity index (χ0) is 14.9. The highest BCUT2D eigenvalue weighted by molar-refractivity contribution is 5.88. The van der Waals surface area contributed by atoms with E-state index in [2.05, 4.69) is 5.10 Å². The van der Waals surface area contributed by atoms with E-state index in [9.17, 15) is 19.3 Å². The Morgan fingerprint density at radius 2 is 2.15 bits per heavy atom. The van der Waals surface area contributed by atoms with Crippen LogP contribution in [0.1, 0.15) is 30.2 Å². The van der Waals surface area contributed by atoms with Gasteiger partial charge in [0.2, 0.25) is 0 Å². The zero-order valence-corrected chi connectivity index (χ0v) is 10.9. The molecule has 6 nitrogen and oxygen atoms in total. The summed E-state index contributed by atoms with van der Waals surface area (Å²) >= 11 is 0. The average Bonchev–Trinajstić information content (AvgIpc) is 2.82. The molecule has 0 aliphatic heterocycles. The zero-order valence-electron chi connectivity index (χ0n) is 10.9. The molecule has 0 aliphatic carbocycles. The fraction of sp³-hybridized carbons (Fsp3) is 0.231. The summed E-state index contributed by atoms with van der Waals surface area (Å²) in [6.45, 7) is 3.73. The van der Waals surface area contributed by atoms with Crippen LogP contribution in [0.25, 0.3) is 11.3 Å². The minimum atomic E-state index is -0.712. The van der Waals surface area contributed by atoms with Crippen LogP contribution in [0.5, 0.6) is 0 Å². The Kier molecular flexibility index (Phi) is 3.60. The largest absolute Gasteiger partial charge is 0.298 e. The van der Waals surface area contributed by atoms with Crippen molar-refractivity contribution < 1.29 is 14.1 Å². The van der Waals surface area contributed by atoms with Crippen LogP contribution >= 0.6 is 0 Å². The van der Waals surface area contributed by atoms with Gasteiger partial charge in [0.15, 0.2) is 6.29 Å². The summed E-state index contributed by atoms with van der Waals surface area (Å²) in [4.78, 5) is 21.4. The second-order valence-corrected chi connectivity index (χ2v) is 4.54. The van der Waals surface area contributed by atoms with E-state index in [0.717, 1.165) is 12.1 Å². The van der Waals surface area contributed by atoms with Crippen molar-refractivity contribution in [2.24, 2.45) is 0 Å². The molecule has 0 unspecified atom stereocenters. The van der Waals surface area contributed by atoms with Crippen LogP contribution in [0.4, 0.5) is 10.1 Å². The van der Waals surface area contributed by atoms with Crippen molar-refractivity contribution in [2.45, 2.75) is 19.9 Å². The van der Waals surface area contributed by atoms with Gasteiger partial charge >= 0.3 is 0 Å². The molecule has 1 heterocycles. The highest BCUT2D eigenvalue weighted by Crippen LogP contribution is 2.31. The minimum absolute atomic E-state index is 0.00181. The number of nitro benzene ring substituents is 1. The topological polar surface area (TPSA) is 78.0 Å². The molecule has 0 fully saturated rings. The first kappa shape index (κ1) is 13.9. The third-order valence-corrected chi connectivity index (χ3v) is 2.83. The smallest absolute Gasteiger partial charge is 0.281 e. The Labute approximate surface area is 114 Å². The van der Waals surface area contributed by atoms with Crippen LogP contribution in [0, 0.1) is 15.9 Å². The number of aldehydes is 1. The second-order valence-electron chi connectivity index (χ2n) is 4.54. The fourth-order valence-electron chi connectivity index (χ4n) is 1.82. The SMILES string of the molecule is CC(C)n1cc(C=O)c(-c2ccc(F)cc2[N+](=O)[O-])n1. The van der Waals surface area contributed by atoms with Crippen molar-refractivity contribution in [3.05, 3.63) is 45.9 Å². The molecular formula is C13H12FN3O3. The lowest BCUT2D eigenvalue weighted by atomic mass is 10.1. The van der Waals surface area contributed by atoms with Gasteiger partial charge in [0.25, 0.3) is 5.69 Å². The molecule has 2 aromatic rings. The van der Waals surface area contributed by atoms with Crippen molar-refractivity contribution >= 4 is 12.0 Å². The maximum absolute atomic E-state index is 13.1. The number of rotatable bonds is 4. The Morgan fingerprint density at radius 1 is 1.45 bits per heavy atom. The predicted molar refractivity (Wildman–Crippen MR) is 70.0 cm³/mol. The predicted octanol–water partition coefficient (Wildman–Crippen LogP) is 2.99. The van der Waals surface area contributed by atoms with Gasteiger partial charge in [-0.3, -0.25) is 19.6 Å². The molecule has 0 aliphatic rings. The summed E-state index contributed by atoms with van der Waals surface area (Å²) in [6.07, 6.45) is 2.09. The Morgan fingerprint density at radius 3 is 2.70 bits per heavy atom. The van der Waals surface area contributed by atoms with Crippen LogP contribution in [0.15, 0.2) is 24.4 Å². The highest BCUT2D eigenvalue weighted by Gasteiger charge is 2.22. The molecule has 2 rings (SSSR count). The third-order valence-electron chi connectivity index (χ3n) is 2.83. The van der Waals surface area contributed by atoms with Crippen LogP contribution in [0.2, 0.25) is 0 Å². The number of carbonyl (C=O) groups excluding carboxylic acids is 1. The first-order valence-electron chi connectivity index (χ1n) is 5.92. The van der Waals surface area contributed by atoms with Gasteiger partial charge < -0.3 is 0 Å². The Bertz CT molecular complexity index is 679. The number of halogens is 1. The van der Waals surface area contributed by atoms with Crippen molar-refractivity contribution in [3.8, 4) is 11.3 Å². The first-order valence-corrected chi connectivity index (χ1v) is 5.92. The van der Waals surface area contributed by atoms with Gasteiger partial charge in [-0.25, -0.2) is 4.39 Å². The van der Waals surface area contributed by atoms with E-state index in [4.69, 9.17) is 0 Å². The molecule has 1 aromatic heterocycles. The Hall–Kier alpha value is -2.57. The van der Waals surface area contributed by atoms with Gasteiger partial charge in [0.1, 0.15) is 11.5 Å². The highest BCUT2D eigenvalue weighted by atomic mass is 19.1. The molecule has 0 N–H and O–H groups in total. The monoisotopic (exact) mass is 277 g/mol. The van der Waals surface area contributed by atoms with E-state index >= 15 is 0 Å². The van der Waals surface area contributed by atoms with Gasteiger partial charge in [-0.1, -0.05) is 0 Å².